The molecule has 4 heteroatoms. The molecule has 0 atom stereocenters. The van der Waals surface area contributed by atoms with Crippen LogP contribution < -0.4 is 0 Å². The van der Waals surface area contributed by atoms with Gasteiger partial charge in [-0.2, -0.15) is 0 Å². The SMILES string of the molecule is Cc1c(C(=O)O)ccc(-c2cccc(C(=O)O)c2)c1C. The maximum Gasteiger partial charge on any atom is 0.335 e. The van der Waals surface area contributed by atoms with Crippen LogP contribution >= 0.6 is 0 Å². The summed E-state index contributed by atoms with van der Waals surface area (Å²) in [5.74, 6) is -1.94. The van der Waals surface area contributed by atoms with Crippen LogP contribution in [0.4, 0.5) is 0 Å². The van der Waals surface area contributed by atoms with Crippen molar-refractivity contribution in [2.24, 2.45) is 0 Å². The van der Waals surface area contributed by atoms with E-state index < -0.39 is 11.9 Å². The molecule has 2 rings (SSSR count). The second-order valence-electron chi connectivity index (χ2n) is 4.60. The maximum absolute atomic E-state index is 11.1. The maximum atomic E-state index is 11.1. The van der Waals surface area contributed by atoms with E-state index in [0.29, 0.717) is 5.56 Å². The second-order valence-corrected chi connectivity index (χ2v) is 4.60. The van der Waals surface area contributed by atoms with Gasteiger partial charge in [0.1, 0.15) is 0 Å². The highest BCUT2D eigenvalue weighted by Crippen LogP contribution is 2.28. The van der Waals surface area contributed by atoms with Crippen molar-refractivity contribution in [1.82, 2.24) is 0 Å². The molecule has 0 spiro atoms. The predicted octanol–water partition coefficient (Wildman–Crippen LogP) is 3.37. The minimum Gasteiger partial charge on any atom is -0.478 e. The van der Waals surface area contributed by atoms with Gasteiger partial charge in [-0.05, 0) is 54.3 Å². The highest BCUT2D eigenvalue weighted by molar-refractivity contribution is 5.92. The lowest BCUT2D eigenvalue weighted by atomic mass is 9.93. The first-order valence-corrected chi connectivity index (χ1v) is 6.09. The van der Waals surface area contributed by atoms with Crippen molar-refractivity contribution in [2.45, 2.75) is 13.8 Å². The molecule has 0 heterocycles. The molecule has 0 aliphatic heterocycles. The van der Waals surface area contributed by atoms with Gasteiger partial charge in [0, 0.05) is 0 Å². The van der Waals surface area contributed by atoms with Gasteiger partial charge in [-0.15, -0.1) is 0 Å². The van der Waals surface area contributed by atoms with Crippen molar-refractivity contribution >= 4 is 11.9 Å². The lowest BCUT2D eigenvalue weighted by Gasteiger charge is -2.12. The Morgan fingerprint density at radius 3 is 2.20 bits per heavy atom. The van der Waals surface area contributed by atoms with Crippen LogP contribution in [0, 0.1) is 13.8 Å². The summed E-state index contributed by atoms with van der Waals surface area (Å²) >= 11 is 0. The van der Waals surface area contributed by atoms with Gasteiger partial charge in [0.25, 0.3) is 0 Å². The zero-order valence-corrected chi connectivity index (χ0v) is 11.2. The molecule has 0 amide bonds. The fraction of sp³-hybridized carbons (Fsp3) is 0.125. The summed E-state index contributed by atoms with van der Waals surface area (Å²) in [6.45, 7) is 3.59. The van der Waals surface area contributed by atoms with Gasteiger partial charge in [0.15, 0.2) is 0 Å². The van der Waals surface area contributed by atoms with E-state index in [1.807, 2.05) is 13.0 Å². The standard InChI is InChI=1S/C16H14O4/c1-9-10(2)14(16(19)20)7-6-13(9)11-4-3-5-12(8-11)15(17)18/h3-8H,1-2H3,(H,17,18)(H,19,20). The Morgan fingerprint density at radius 1 is 0.900 bits per heavy atom. The molecular weight excluding hydrogens is 256 g/mol. The van der Waals surface area contributed by atoms with Gasteiger partial charge in [-0.25, -0.2) is 9.59 Å². The largest absolute Gasteiger partial charge is 0.478 e. The van der Waals surface area contributed by atoms with E-state index in [4.69, 9.17) is 10.2 Å². The quantitative estimate of drug-likeness (QED) is 0.896. The highest BCUT2D eigenvalue weighted by Gasteiger charge is 2.13. The number of hydrogen-bond acceptors (Lipinski definition) is 2. The molecule has 0 fully saturated rings. The molecule has 0 saturated carbocycles. The zero-order chi connectivity index (χ0) is 14.9. The fourth-order valence-corrected chi connectivity index (χ4v) is 2.18. The molecule has 0 bridgehead atoms. The third-order valence-corrected chi connectivity index (χ3v) is 3.44. The summed E-state index contributed by atoms with van der Waals surface area (Å²) in [6.07, 6.45) is 0. The van der Waals surface area contributed by atoms with Crippen LogP contribution in [0.5, 0.6) is 0 Å². The third kappa shape index (κ3) is 2.40. The van der Waals surface area contributed by atoms with Crippen molar-refractivity contribution < 1.29 is 19.8 Å². The lowest BCUT2D eigenvalue weighted by Crippen LogP contribution is -2.02. The highest BCUT2D eigenvalue weighted by atomic mass is 16.4. The van der Waals surface area contributed by atoms with E-state index in [9.17, 15) is 9.59 Å². The molecule has 2 aromatic rings. The number of hydrogen-bond donors (Lipinski definition) is 2. The van der Waals surface area contributed by atoms with E-state index >= 15 is 0 Å². The first kappa shape index (κ1) is 13.8. The van der Waals surface area contributed by atoms with E-state index in [1.54, 1.807) is 31.2 Å². The van der Waals surface area contributed by atoms with Crippen LogP contribution in [-0.4, -0.2) is 22.2 Å². The Labute approximate surface area is 116 Å². The number of carbonyl (C=O) groups is 2. The predicted molar refractivity (Wildman–Crippen MR) is 75.3 cm³/mol. The van der Waals surface area contributed by atoms with Crippen molar-refractivity contribution in [1.29, 1.82) is 0 Å². The molecule has 2 aromatic carbocycles. The van der Waals surface area contributed by atoms with Crippen LogP contribution in [0.3, 0.4) is 0 Å². The van der Waals surface area contributed by atoms with E-state index in [1.165, 1.54) is 6.07 Å². The summed E-state index contributed by atoms with van der Waals surface area (Å²) in [5.41, 5.74) is 3.61. The molecule has 0 saturated heterocycles. The summed E-state index contributed by atoms with van der Waals surface area (Å²) in [7, 11) is 0. The summed E-state index contributed by atoms with van der Waals surface area (Å²) in [5, 5.41) is 18.1. The van der Waals surface area contributed by atoms with Crippen LogP contribution in [0.1, 0.15) is 31.8 Å². The number of rotatable bonds is 3. The summed E-state index contributed by atoms with van der Waals surface area (Å²) in [6, 6.07) is 9.87. The van der Waals surface area contributed by atoms with Gasteiger partial charge >= 0.3 is 11.9 Å². The average molecular weight is 270 g/mol. The van der Waals surface area contributed by atoms with Crippen molar-refractivity contribution in [3.63, 3.8) is 0 Å². The van der Waals surface area contributed by atoms with Gasteiger partial charge in [0.2, 0.25) is 0 Å². The van der Waals surface area contributed by atoms with Crippen LogP contribution in [-0.2, 0) is 0 Å². The van der Waals surface area contributed by atoms with Crippen molar-refractivity contribution in [3.8, 4) is 11.1 Å². The molecule has 0 aliphatic carbocycles. The normalized spacial score (nSPS) is 10.3. The van der Waals surface area contributed by atoms with Gasteiger partial charge in [-0.1, -0.05) is 18.2 Å². The van der Waals surface area contributed by atoms with Gasteiger partial charge < -0.3 is 10.2 Å². The Morgan fingerprint density at radius 2 is 1.60 bits per heavy atom. The Bertz CT molecular complexity index is 702. The number of carboxylic acid groups (broad SMARTS) is 2. The fourth-order valence-electron chi connectivity index (χ4n) is 2.18. The third-order valence-electron chi connectivity index (χ3n) is 3.44. The summed E-state index contributed by atoms with van der Waals surface area (Å²) in [4.78, 5) is 22.1. The van der Waals surface area contributed by atoms with E-state index in [-0.39, 0.29) is 11.1 Å². The van der Waals surface area contributed by atoms with Crippen LogP contribution in [0.2, 0.25) is 0 Å². The van der Waals surface area contributed by atoms with Crippen LogP contribution in [0.25, 0.3) is 11.1 Å². The minimum atomic E-state index is -0.983. The van der Waals surface area contributed by atoms with E-state index in [2.05, 4.69) is 0 Å². The molecule has 102 valence electrons. The molecule has 0 radical (unpaired) electrons. The molecule has 20 heavy (non-hydrogen) atoms. The van der Waals surface area contributed by atoms with E-state index in [0.717, 1.165) is 16.7 Å². The lowest BCUT2D eigenvalue weighted by molar-refractivity contribution is 0.0685. The van der Waals surface area contributed by atoms with Crippen LogP contribution in [0.15, 0.2) is 36.4 Å². The first-order valence-electron chi connectivity index (χ1n) is 6.09. The molecular formula is C16H14O4. The van der Waals surface area contributed by atoms with Crippen molar-refractivity contribution in [3.05, 3.63) is 58.7 Å². The number of aromatic carboxylic acids is 2. The Balaban J connectivity index is 2.59. The molecule has 0 aromatic heterocycles. The smallest absolute Gasteiger partial charge is 0.335 e. The molecule has 4 nitrogen and oxygen atoms in total. The monoisotopic (exact) mass is 270 g/mol. The zero-order valence-electron chi connectivity index (χ0n) is 11.2. The topological polar surface area (TPSA) is 74.6 Å². The minimum absolute atomic E-state index is 0.210. The number of benzene rings is 2. The average Bonchev–Trinajstić information content (AvgIpc) is 2.41. The molecule has 0 unspecified atom stereocenters. The Hall–Kier alpha value is -2.62. The molecule has 0 aliphatic rings. The van der Waals surface area contributed by atoms with Gasteiger partial charge in [0.05, 0.1) is 11.1 Å². The Kier molecular flexibility index (Phi) is 3.57. The summed E-state index contributed by atoms with van der Waals surface area (Å²) < 4.78 is 0. The first-order chi connectivity index (χ1) is 9.41. The van der Waals surface area contributed by atoms with Gasteiger partial charge in [-0.3, -0.25) is 0 Å². The molecule has 2 N–H and O–H groups in total. The van der Waals surface area contributed by atoms with Crippen molar-refractivity contribution in [2.75, 3.05) is 0 Å². The second kappa shape index (κ2) is 5.17. The number of carboxylic acids is 2.